The summed E-state index contributed by atoms with van der Waals surface area (Å²) < 4.78 is 5.21. The van der Waals surface area contributed by atoms with Crippen LogP contribution in [0.15, 0.2) is 0 Å². The van der Waals surface area contributed by atoms with E-state index in [1.807, 2.05) is 0 Å². The molecule has 0 aromatic carbocycles. The topological polar surface area (TPSA) is 38.5 Å². The van der Waals surface area contributed by atoms with Crippen LogP contribution < -0.4 is 5.73 Å². The van der Waals surface area contributed by atoms with Gasteiger partial charge in [-0.2, -0.15) is 0 Å². The van der Waals surface area contributed by atoms with Crippen LogP contribution in [0.4, 0.5) is 0 Å². The SMILES string of the molecule is CCCCCN(C)CC(CN)OC. The monoisotopic (exact) mass is 188 g/mol. The molecule has 1 unspecified atom stereocenters. The highest BCUT2D eigenvalue weighted by molar-refractivity contribution is 4.63. The van der Waals surface area contributed by atoms with Crippen LogP contribution in [0, 0.1) is 0 Å². The third-order valence-electron chi connectivity index (χ3n) is 2.25. The molecule has 0 radical (unpaired) electrons. The number of likely N-dealkylation sites (N-methyl/N-ethyl adjacent to an activating group) is 1. The van der Waals surface area contributed by atoms with Crippen molar-refractivity contribution in [2.45, 2.75) is 32.3 Å². The molecule has 2 N–H and O–H groups in total. The van der Waals surface area contributed by atoms with Gasteiger partial charge in [-0.05, 0) is 20.0 Å². The molecule has 80 valence electrons. The number of unbranched alkanes of at least 4 members (excludes halogenated alkanes) is 2. The third-order valence-corrected chi connectivity index (χ3v) is 2.25. The predicted molar refractivity (Wildman–Crippen MR) is 56.9 cm³/mol. The summed E-state index contributed by atoms with van der Waals surface area (Å²) in [6, 6.07) is 0. The van der Waals surface area contributed by atoms with Crippen LogP contribution in [-0.2, 0) is 4.74 Å². The third kappa shape index (κ3) is 6.99. The van der Waals surface area contributed by atoms with E-state index in [2.05, 4.69) is 18.9 Å². The Morgan fingerprint density at radius 2 is 2.08 bits per heavy atom. The Morgan fingerprint density at radius 1 is 1.38 bits per heavy atom. The molecule has 0 saturated heterocycles. The number of ether oxygens (including phenoxy) is 1. The van der Waals surface area contributed by atoms with Crippen LogP contribution in [0.5, 0.6) is 0 Å². The van der Waals surface area contributed by atoms with Crippen molar-refractivity contribution in [2.75, 3.05) is 33.8 Å². The highest BCUT2D eigenvalue weighted by atomic mass is 16.5. The summed E-state index contributed by atoms with van der Waals surface area (Å²) in [6.45, 7) is 4.91. The van der Waals surface area contributed by atoms with E-state index >= 15 is 0 Å². The van der Waals surface area contributed by atoms with Gasteiger partial charge in [0.05, 0.1) is 6.10 Å². The lowest BCUT2D eigenvalue weighted by atomic mass is 10.2. The van der Waals surface area contributed by atoms with E-state index in [-0.39, 0.29) is 6.10 Å². The van der Waals surface area contributed by atoms with E-state index in [0.29, 0.717) is 6.54 Å². The molecular formula is C10H24N2O. The Labute approximate surface area is 82.2 Å². The second kappa shape index (κ2) is 8.48. The molecule has 0 aliphatic carbocycles. The van der Waals surface area contributed by atoms with E-state index in [0.717, 1.165) is 13.1 Å². The Hall–Kier alpha value is -0.120. The summed E-state index contributed by atoms with van der Waals surface area (Å²) in [5.74, 6) is 0. The second-order valence-electron chi connectivity index (χ2n) is 3.56. The molecule has 0 aromatic rings. The molecule has 0 aliphatic heterocycles. The molecule has 0 aromatic heterocycles. The number of methoxy groups -OCH3 is 1. The van der Waals surface area contributed by atoms with Gasteiger partial charge in [0.1, 0.15) is 0 Å². The van der Waals surface area contributed by atoms with E-state index in [1.54, 1.807) is 7.11 Å². The molecule has 0 saturated carbocycles. The molecule has 0 spiro atoms. The van der Waals surface area contributed by atoms with Crippen LogP contribution in [0.2, 0.25) is 0 Å². The Bertz CT molecular complexity index is 105. The van der Waals surface area contributed by atoms with Gasteiger partial charge in [0.15, 0.2) is 0 Å². The van der Waals surface area contributed by atoms with Crippen molar-refractivity contribution >= 4 is 0 Å². The molecule has 0 amide bonds. The van der Waals surface area contributed by atoms with Crippen molar-refractivity contribution in [3.8, 4) is 0 Å². The largest absolute Gasteiger partial charge is 0.379 e. The van der Waals surface area contributed by atoms with Gasteiger partial charge in [0.25, 0.3) is 0 Å². The predicted octanol–water partition coefficient (Wildman–Crippen LogP) is 1.08. The summed E-state index contributed by atoms with van der Waals surface area (Å²) in [5.41, 5.74) is 5.53. The lowest BCUT2D eigenvalue weighted by Gasteiger charge is -2.21. The average molecular weight is 188 g/mol. The number of rotatable bonds is 8. The summed E-state index contributed by atoms with van der Waals surface area (Å²) in [4.78, 5) is 2.29. The fourth-order valence-electron chi connectivity index (χ4n) is 1.32. The van der Waals surface area contributed by atoms with Gasteiger partial charge in [-0.15, -0.1) is 0 Å². The highest BCUT2D eigenvalue weighted by Gasteiger charge is 2.07. The van der Waals surface area contributed by atoms with Gasteiger partial charge in [-0.3, -0.25) is 0 Å². The molecular weight excluding hydrogens is 164 g/mol. The lowest BCUT2D eigenvalue weighted by Crippen LogP contribution is -2.36. The van der Waals surface area contributed by atoms with Crippen LogP contribution in [-0.4, -0.2) is 44.8 Å². The Kier molecular flexibility index (Phi) is 8.40. The van der Waals surface area contributed by atoms with Crippen molar-refractivity contribution < 1.29 is 4.74 Å². The minimum absolute atomic E-state index is 0.187. The summed E-state index contributed by atoms with van der Waals surface area (Å²) in [5, 5.41) is 0. The zero-order chi connectivity index (χ0) is 10.1. The number of nitrogens with two attached hydrogens (primary N) is 1. The molecule has 13 heavy (non-hydrogen) atoms. The first kappa shape index (κ1) is 12.9. The van der Waals surface area contributed by atoms with Crippen molar-refractivity contribution in [3.05, 3.63) is 0 Å². The maximum Gasteiger partial charge on any atom is 0.0820 e. The highest BCUT2D eigenvalue weighted by Crippen LogP contribution is 1.98. The van der Waals surface area contributed by atoms with Crippen molar-refractivity contribution in [2.24, 2.45) is 5.73 Å². The Morgan fingerprint density at radius 3 is 2.54 bits per heavy atom. The molecule has 3 nitrogen and oxygen atoms in total. The van der Waals surface area contributed by atoms with Crippen molar-refractivity contribution in [1.29, 1.82) is 0 Å². The zero-order valence-corrected chi connectivity index (χ0v) is 9.25. The van der Waals surface area contributed by atoms with Gasteiger partial charge in [-0.25, -0.2) is 0 Å². The van der Waals surface area contributed by atoms with E-state index < -0.39 is 0 Å². The normalized spacial score (nSPS) is 13.6. The second-order valence-corrected chi connectivity index (χ2v) is 3.56. The summed E-state index contributed by atoms with van der Waals surface area (Å²) >= 11 is 0. The fraction of sp³-hybridized carbons (Fsp3) is 1.00. The fourth-order valence-corrected chi connectivity index (χ4v) is 1.32. The first-order chi connectivity index (χ1) is 6.24. The first-order valence-corrected chi connectivity index (χ1v) is 5.16. The van der Waals surface area contributed by atoms with Gasteiger partial charge in [0, 0.05) is 20.2 Å². The molecule has 0 bridgehead atoms. The van der Waals surface area contributed by atoms with Gasteiger partial charge >= 0.3 is 0 Å². The van der Waals surface area contributed by atoms with E-state index in [4.69, 9.17) is 10.5 Å². The van der Waals surface area contributed by atoms with E-state index in [1.165, 1.54) is 19.3 Å². The van der Waals surface area contributed by atoms with Gasteiger partial charge in [-0.1, -0.05) is 19.8 Å². The first-order valence-electron chi connectivity index (χ1n) is 5.16. The molecule has 0 fully saturated rings. The lowest BCUT2D eigenvalue weighted by molar-refractivity contribution is 0.0777. The summed E-state index contributed by atoms with van der Waals surface area (Å²) in [6.07, 6.45) is 4.04. The minimum atomic E-state index is 0.187. The van der Waals surface area contributed by atoms with E-state index in [9.17, 15) is 0 Å². The maximum atomic E-state index is 5.53. The smallest absolute Gasteiger partial charge is 0.0820 e. The molecule has 1 atom stereocenters. The number of hydrogen-bond acceptors (Lipinski definition) is 3. The van der Waals surface area contributed by atoms with Crippen LogP contribution in [0.3, 0.4) is 0 Å². The number of nitrogens with zero attached hydrogens (tertiary/aromatic N) is 1. The van der Waals surface area contributed by atoms with Crippen LogP contribution in [0.25, 0.3) is 0 Å². The van der Waals surface area contributed by atoms with Gasteiger partial charge < -0.3 is 15.4 Å². The minimum Gasteiger partial charge on any atom is -0.379 e. The maximum absolute atomic E-state index is 5.53. The van der Waals surface area contributed by atoms with Crippen molar-refractivity contribution in [1.82, 2.24) is 4.90 Å². The van der Waals surface area contributed by atoms with Crippen LogP contribution >= 0.6 is 0 Å². The zero-order valence-electron chi connectivity index (χ0n) is 9.25. The number of hydrogen-bond donors (Lipinski definition) is 1. The van der Waals surface area contributed by atoms with Crippen LogP contribution in [0.1, 0.15) is 26.2 Å². The Balaban J connectivity index is 3.42. The molecule has 0 heterocycles. The summed E-state index contributed by atoms with van der Waals surface area (Å²) in [7, 11) is 3.84. The molecule has 3 heteroatoms. The molecule has 0 aliphatic rings. The standard InChI is InChI=1S/C10H24N2O/c1-4-5-6-7-12(2)9-10(8-11)13-3/h10H,4-9,11H2,1-3H3. The van der Waals surface area contributed by atoms with Gasteiger partial charge in [0.2, 0.25) is 0 Å². The van der Waals surface area contributed by atoms with Crippen molar-refractivity contribution in [3.63, 3.8) is 0 Å². The molecule has 0 rings (SSSR count). The quantitative estimate of drug-likeness (QED) is 0.579. The average Bonchev–Trinajstić information content (AvgIpc) is 2.14.